The van der Waals surface area contributed by atoms with E-state index in [1.54, 1.807) is 24.3 Å². The van der Waals surface area contributed by atoms with Crippen LogP contribution < -0.4 is 14.3 Å². The predicted molar refractivity (Wildman–Crippen MR) is 163 cm³/mol. The van der Waals surface area contributed by atoms with E-state index in [-0.39, 0.29) is 23.2 Å². The van der Waals surface area contributed by atoms with Crippen molar-refractivity contribution in [2.75, 3.05) is 16.3 Å². The first-order valence-corrected chi connectivity index (χ1v) is 15.4. The van der Waals surface area contributed by atoms with E-state index in [0.717, 1.165) is 46.7 Å². The van der Waals surface area contributed by atoms with Crippen LogP contribution in [0.15, 0.2) is 85.1 Å². The number of para-hydroxylation sites is 1. The first-order valence-electron chi connectivity index (χ1n) is 13.9. The first kappa shape index (κ1) is 28.4. The quantitative estimate of drug-likeness (QED) is 0.258. The molecule has 5 rings (SSSR count). The normalized spacial score (nSPS) is 14.0. The van der Waals surface area contributed by atoms with Crippen molar-refractivity contribution in [1.82, 2.24) is 9.97 Å². The number of nitrogens with zero attached hydrogens (tertiary/aromatic N) is 4. The first-order chi connectivity index (χ1) is 19.7. The van der Waals surface area contributed by atoms with Crippen molar-refractivity contribution < 1.29 is 13.2 Å². The van der Waals surface area contributed by atoms with Gasteiger partial charge in [0.25, 0.3) is 0 Å². The second-order valence-electron chi connectivity index (χ2n) is 10.6. The molecule has 0 saturated heterocycles. The standard InChI is InChI=1S/C32H35N5O3S/c1-23-17-19-25(20-18-23)30(38)28-22-34-32(36(2)27-14-7-4-8-15-27)35-31(28)37(41(33,39)40)29-16-10-9-13-26(29)21-24-11-5-3-6-12-24/h3,5-6,9-13,16-20,22,27H,4,7-8,14-15,21H2,1-2H3,(H2,33,39,40). The number of carbonyl (C=O) groups is 1. The van der Waals surface area contributed by atoms with E-state index >= 15 is 0 Å². The third-order valence-electron chi connectivity index (χ3n) is 7.65. The summed E-state index contributed by atoms with van der Waals surface area (Å²) in [6.45, 7) is 1.94. The Morgan fingerprint density at radius 3 is 2.27 bits per heavy atom. The van der Waals surface area contributed by atoms with Gasteiger partial charge < -0.3 is 4.90 Å². The lowest BCUT2D eigenvalue weighted by atomic mass is 9.95. The van der Waals surface area contributed by atoms with Gasteiger partial charge in [0.1, 0.15) is 0 Å². The Balaban J connectivity index is 1.68. The Labute approximate surface area is 242 Å². The molecule has 41 heavy (non-hydrogen) atoms. The minimum Gasteiger partial charge on any atom is -0.341 e. The highest BCUT2D eigenvalue weighted by molar-refractivity contribution is 7.90. The minimum absolute atomic E-state index is 0.0539. The van der Waals surface area contributed by atoms with Gasteiger partial charge in [0.15, 0.2) is 11.6 Å². The van der Waals surface area contributed by atoms with Crippen LogP contribution in [0.25, 0.3) is 0 Å². The van der Waals surface area contributed by atoms with Crippen molar-refractivity contribution in [3.8, 4) is 0 Å². The molecule has 1 aliphatic rings. The van der Waals surface area contributed by atoms with Crippen LogP contribution in [-0.4, -0.2) is 37.3 Å². The third-order valence-corrected chi connectivity index (χ3v) is 8.53. The van der Waals surface area contributed by atoms with Gasteiger partial charge in [0.05, 0.1) is 11.3 Å². The Hall–Kier alpha value is -4.08. The zero-order chi connectivity index (χ0) is 29.0. The topological polar surface area (TPSA) is 109 Å². The number of aryl methyl sites for hydroxylation is 1. The van der Waals surface area contributed by atoms with Crippen molar-refractivity contribution >= 4 is 33.4 Å². The third kappa shape index (κ3) is 6.47. The zero-order valence-electron chi connectivity index (χ0n) is 23.4. The number of nitrogens with two attached hydrogens (primary N) is 1. The molecule has 1 fully saturated rings. The maximum Gasteiger partial charge on any atom is 0.304 e. The van der Waals surface area contributed by atoms with Gasteiger partial charge in [-0.3, -0.25) is 4.79 Å². The Bertz CT molecular complexity index is 1620. The van der Waals surface area contributed by atoms with Gasteiger partial charge in [-0.25, -0.2) is 14.4 Å². The summed E-state index contributed by atoms with van der Waals surface area (Å²) in [5.74, 6) is -0.103. The highest BCUT2D eigenvalue weighted by Crippen LogP contribution is 2.35. The van der Waals surface area contributed by atoms with E-state index in [2.05, 4.69) is 4.98 Å². The Morgan fingerprint density at radius 1 is 0.927 bits per heavy atom. The largest absolute Gasteiger partial charge is 0.341 e. The molecule has 1 saturated carbocycles. The maximum absolute atomic E-state index is 13.8. The van der Waals surface area contributed by atoms with Crippen LogP contribution in [0.5, 0.6) is 0 Å². The van der Waals surface area contributed by atoms with Gasteiger partial charge >= 0.3 is 10.2 Å². The lowest BCUT2D eigenvalue weighted by Crippen LogP contribution is -2.37. The van der Waals surface area contributed by atoms with Gasteiger partial charge in [-0.2, -0.15) is 13.4 Å². The van der Waals surface area contributed by atoms with E-state index in [1.165, 1.54) is 12.6 Å². The van der Waals surface area contributed by atoms with Crippen molar-refractivity contribution in [3.05, 3.63) is 113 Å². The molecule has 0 atom stereocenters. The van der Waals surface area contributed by atoms with Gasteiger partial charge in [0.2, 0.25) is 5.95 Å². The summed E-state index contributed by atoms with van der Waals surface area (Å²) < 4.78 is 27.8. The number of rotatable bonds is 9. The summed E-state index contributed by atoms with van der Waals surface area (Å²) in [5, 5.41) is 5.92. The molecule has 0 spiro atoms. The minimum atomic E-state index is -4.43. The second kappa shape index (κ2) is 12.2. The molecule has 1 heterocycles. The van der Waals surface area contributed by atoms with Crippen LogP contribution in [0.4, 0.5) is 17.5 Å². The molecule has 3 aromatic carbocycles. The van der Waals surface area contributed by atoms with Crippen molar-refractivity contribution in [2.45, 2.75) is 51.5 Å². The van der Waals surface area contributed by atoms with Crippen molar-refractivity contribution in [3.63, 3.8) is 0 Å². The Morgan fingerprint density at radius 2 is 1.59 bits per heavy atom. The van der Waals surface area contributed by atoms with Gasteiger partial charge in [-0.05, 0) is 43.4 Å². The van der Waals surface area contributed by atoms with Crippen LogP contribution in [0, 0.1) is 6.92 Å². The number of aromatic nitrogens is 2. The lowest BCUT2D eigenvalue weighted by Gasteiger charge is -2.32. The van der Waals surface area contributed by atoms with Crippen LogP contribution >= 0.6 is 0 Å². The van der Waals surface area contributed by atoms with Crippen LogP contribution in [0.3, 0.4) is 0 Å². The fraction of sp³-hybridized carbons (Fsp3) is 0.281. The van der Waals surface area contributed by atoms with E-state index in [0.29, 0.717) is 23.6 Å². The zero-order valence-corrected chi connectivity index (χ0v) is 24.2. The molecular formula is C32H35N5O3S. The second-order valence-corrected chi connectivity index (χ2v) is 12.0. The number of ketones is 1. The van der Waals surface area contributed by atoms with Gasteiger partial charge in [0, 0.05) is 24.8 Å². The number of benzene rings is 3. The fourth-order valence-corrected chi connectivity index (χ4v) is 6.22. The summed E-state index contributed by atoms with van der Waals surface area (Å²) in [5.41, 5.74) is 3.53. The number of hydrogen-bond donors (Lipinski definition) is 1. The molecule has 0 amide bonds. The van der Waals surface area contributed by atoms with Gasteiger partial charge in [-0.15, -0.1) is 0 Å². The van der Waals surface area contributed by atoms with Crippen molar-refractivity contribution in [1.29, 1.82) is 0 Å². The Kier molecular flexibility index (Phi) is 8.46. The summed E-state index contributed by atoms with van der Waals surface area (Å²) in [4.78, 5) is 25.2. The predicted octanol–water partition coefficient (Wildman–Crippen LogP) is 5.72. The van der Waals surface area contributed by atoms with E-state index < -0.39 is 10.2 Å². The molecule has 0 aliphatic heterocycles. The molecule has 1 aliphatic carbocycles. The molecule has 0 unspecified atom stereocenters. The molecular weight excluding hydrogens is 534 g/mol. The van der Waals surface area contributed by atoms with Gasteiger partial charge in [-0.1, -0.05) is 97.6 Å². The summed E-state index contributed by atoms with van der Waals surface area (Å²) in [7, 11) is -2.51. The summed E-state index contributed by atoms with van der Waals surface area (Å²) in [6.07, 6.45) is 7.30. The summed E-state index contributed by atoms with van der Waals surface area (Å²) in [6, 6.07) is 24.2. The lowest BCUT2D eigenvalue weighted by molar-refractivity contribution is 0.103. The van der Waals surface area contributed by atoms with E-state index in [9.17, 15) is 13.2 Å². The fourth-order valence-electron chi connectivity index (χ4n) is 5.39. The smallest absolute Gasteiger partial charge is 0.304 e. The molecule has 8 nitrogen and oxygen atoms in total. The number of anilines is 3. The molecule has 2 N–H and O–H groups in total. The highest BCUT2D eigenvalue weighted by Gasteiger charge is 2.31. The SMILES string of the molecule is Cc1ccc(C(=O)c2cnc(N(C)C3CCCCC3)nc2N(c2ccccc2Cc2ccccc2)S(N)(=O)=O)cc1. The number of hydrogen-bond acceptors (Lipinski definition) is 6. The molecule has 9 heteroatoms. The summed E-state index contributed by atoms with van der Waals surface area (Å²) >= 11 is 0. The molecule has 1 aromatic heterocycles. The van der Waals surface area contributed by atoms with E-state index in [4.69, 9.17) is 10.1 Å². The molecule has 0 radical (unpaired) electrons. The highest BCUT2D eigenvalue weighted by atomic mass is 32.2. The molecule has 4 aromatic rings. The average Bonchev–Trinajstić information content (AvgIpc) is 2.98. The maximum atomic E-state index is 13.8. The monoisotopic (exact) mass is 569 g/mol. The van der Waals surface area contributed by atoms with Crippen LogP contribution in [-0.2, 0) is 16.6 Å². The van der Waals surface area contributed by atoms with Crippen LogP contribution in [0.2, 0.25) is 0 Å². The van der Waals surface area contributed by atoms with Crippen LogP contribution in [0.1, 0.15) is 64.7 Å². The number of carbonyl (C=O) groups excluding carboxylic acids is 1. The average molecular weight is 570 g/mol. The molecule has 0 bridgehead atoms. The van der Waals surface area contributed by atoms with E-state index in [1.807, 2.05) is 73.5 Å². The van der Waals surface area contributed by atoms with Crippen molar-refractivity contribution in [2.24, 2.45) is 5.14 Å². The molecule has 212 valence electrons.